The van der Waals surface area contributed by atoms with E-state index in [2.05, 4.69) is 40.0 Å². The molecule has 0 radical (unpaired) electrons. The van der Waals surface area contributed by atoms with Gasteiger partial charge in [-0.2, -0.15) is 0 Å². The summed E-state index contributed by atoms with van der Waals surface area (Å²) in [5.74, 6) is -0.506. The molecule has 0 atom stereocenters. The molecule has 4 rings (SSSR count). The van der Waals surface area contributed by atoms with Crippen LogP contribution in [0.2, 0.25) is 0 Å². The number of nitrogens with one attached hydrogen (secondary N) is 3. The maximum absolute atomic E-state index is 13.2. The predicted molar refractivity (Wildman–Crippen MR) is 116 cm³/mol. The number of hydrogen-bond acceptors (Lipinski definition) is 2. The summed E-state index contributed by atoms with van der Waals surface area (Å²) in [7, 11) is 0. The lowest BCUT2D eigenvalue weighted by atomic mass is 10.1. The smallest absolute Gasteiger partial charge is 0.228 e. The van der Waals surface area contributed by atoms with Crippen molar-refractivity contribution >= 4 is 28.2 Å². The minimum Gasteiger partial charge on any atom is -0.385 e. The largest absolute Gasteiger partial charge is 0.385 e. The molecule has 146 valence electrons. The van der Waals surface area contributed by atoms with Crippen LogP contribution in [0.5, 0.6) is 0 Å². The van der Waals surface area contributed by atoms with E-state index in [1.54, 1.807) is 12.1 Å². The van der Waals surface area contributed by atoms with E-state index < -0.39 is 0 Å². The summed E-state index contributed by atoms with van der Waals surface area (Å²) < 4.78 is 13.2. The van der Waals surface area contributed by atoms with Gasteiger partial charge in [-0.25, -0.2) is 4.39 Å². The van der Waals surface area contributed by atoms with Crippen LogP contribution in [0.1, 0.15) is 11.1 Å². The Bertz CT molecular complexity index is 1120. The third-order valence-electron chi connectivity index (χ3n) is 4.82. The lowest BCUT2D eigenvalue weighted by Gasteiger charge is -2.09. The lowest BCUT2D eigenvalue weighted by Crippen LogP contribution is -2.14. The van der Waals surface area contributed by atoms with Crippen LogP contribution in [-0.4, -0.2) is 17.4 Å². The van der Waals surface area contributed by atoms with Gasteiger partial charge in [-0.05, 0) is 60.0 Å². The number of carbonyl (C=O) groups excluding carboxylic acids is 1. The Morgan fingerprint density at radius 2 is 1.72 bits per heavy atom. The predicted octanol–water partition coefficient (Wildman–Crippen LogP) is 5.14. The summed E-state index contributed by atoms with van der Waals surface area (Å²) in [5, 5.41) is 7.50. The molecule has 0 unspecified atom stereocenters. The summed E-state index contributed by atoms with van der Waals surface area (Å²) in [6.07, 6.45) is 3.11. The van der Waals surface area contributed by atoms with Crippen LogP contribution in [0.25, 0.3) is 10.9 Å². The summed E-state index contributed by atoms with van der Waals surface area (Å²) in [4.78, 5) is 15.4. The van der Waals surface area contributed by atoms with Crippen LogP contribution >= 0.6 is 0 Å². The quantitative estimate of drug-likeness (QED) is 0.411. The highest BCUT2D eigenvalue weighted by Gasteiger charge is 2.06. The average molecular weight is 387 g/mol. The van der Waals surface area contributed by atoms with Gasteiger partial charge in [0.05, 0.1) is 6.42 Å². The van der Waals surface area contributed by atoms with Gasteiger partial charge in [0.1, 0.15) is 5.82 Å². The number of carbonyl (C=O) groups is 1. The van der Waals surface area contributed by atoms with E-state index in [0.29, 0.717) is 11.3 Å². The number of H-pyrrole nitrogens is 1. The number of benzene rings is 3. The highest BCUT2D eigenvalue weighted by atomic mass is 19.1. The minimum absolute atomic E-state index is 0.141. The van der Waals surface area contributed by atoms with E-state index in [1.807, 2.05) is 30.3 Å². The molecule has 29 heavy (non-hydrogen) atoms. The summed E-state index contributed by atoms with van der Waals surface area (Å²) in [6, 6.07) is 22.0. The third kappa shape index (κ3) is 4.82. The van der Waals surface area contributed by atoms with Crippen molar-refractivity contribution < 1.29 is 9.18 Å². The van der Waals surface area contributed by atoms with Crippen LogP contribution in [-0.2, 0) is 17.6 Å². The van der Waals surface area contributed by atoms with Crippen molar-refractivity contribution in [1.82, 2.24) is 4.98 Å². The van der Waals surface area contributed by atoms with Crippen LogP contribution in [0.4, 0.5) is 15.8 Å². The number of halogens is 1. The molecule has 0 spiro atoms. The Labute approximate surface area is 168 Å². The van der Waals surface area contributed by atoms with Gasteiger partial charge in [0, 0.05) is 35.0 Å². The lowest BCUT2D eigenvalue weighted by molar-refractivity contribution is -0.115. The van der Waals surface area contributed by atoms with Gasteiger partial charge in [0.15, 0.2) is 0 Å². The summed E-state index contributed by atoms with van der Waals surface area (Å²) in [5.41, 5.74) is 4.80. The van der Waals surface area contributed by atoms with Gasteiger partial charge in [0.2, 0.25) is 5.91 Å². The minimum atomic E-state index is -0.335. The number of hydrogen-bond donors (Lipinski definition) is 3. The SMILES string of the molecule is O=C(Cc1cccc(F)c1)Nc1ccc(NCCc2c[nH]c3ccccc23)cc1. The topological polar surface area (TPSA) is 56.9 Å². The molecule has 4 nitrogen and oxygen atoms in total. The zero-order chi connectivity index (χ0) is 20.1. The van der Waals surface area contributed by atoms with Gasteiger partial charge in [0.25, 0.3) is 0 Å². The first-order valence-corrected chi connectivity index (χ1v) is 9.60. The van der Waals surface area contributed by atoms with Crippen molar-refractivity contribution in [2.24, 2.45) is 0 Å². The Balaban J connectivity index is 1.28. The number of aromatic nitrogens is 1. The fourth-order valence-corrected chi connectivity index (χ4v) is 3.39. The summed E-state index contributed by atoms with van der Waals surface area (Å²) in [6.45, 7) is 0.813. The van der Waals surface area contributed by atoms with E-state index in [4.69, 9.17) is 0 Å². The molecule has 1 aromatic heterocycles. The maximum atomic E-state index is 13.2. The van der Waals surface area contributed by atoms with Crippen LogP contribution in [0.15, 0.2) is 79.0 Å². The van der Waals surface area contributed by atoms with Crippen LogP contribution in [0.3, 0.4) is 0 Å². The molecule has 0 aliphatic heterocycles. The zero-order valence-electron chi connectivity index (χ0n) is 15.9. The molecule has 0 fully saturated rings. The molecule has 4 aromatic rings. The second-order valence-electron chi connectivity index (χ2n) is 6.97. The van der Waals surface area contributed by atoms with Gasteiger partial charge in [-0.1, -0.05) is 30.3 Å². The molecule has 0 saturated heterocycles. The molecule has 0 bridgehead atoms. The highest BCUT2D eigenvalue weighted by molar-refractivity contribution is 5.92. The van der Waals surface area contributed by atoms with Crippen LogP contribution in [0, 0.1) is 5.82 Å². The fourth-order valence-electron chi connectivity index (χ4n) is 3.39. The first-order chi connectivity index (χ1) is 14.2. The van der Waals surface area contributed by atoms with Gasteiger partial charge in [-0.15, -0.1) is 0 Å². The van der Waals surface area contributed by atoms with Crippen molar-refractivity contribution in [1.29, 1.82) is 0 Å². The fraction of sp³-hybridized carbons (Fsp3) is 0.125. The van der Waals surface area contributed by atoms with Gasteiger partial charge < -0.3 is 15.6 Å². The second-order valence-corrected chi connectivity index (χ2v) is 6.97. The Hall–Kier alpha value is -3.60. The first kappa shape index (κ1) is 18.7. The highest BCUT2D eigenvalue weighted by Crippen LogP contribution is 2.19. The molecule has 0 aliphatic carbocycles. The molecule has 1 heterocycles. The number of fused-ring (bicyclic) bond motifs is 1. The second kappa shape index (κ2) is 8.61. The number of aromatic amines is 1. The number of para-hydroxylation sites is 1. The molecule has 3 aromatic carbocycles. The van der Waals surface area contributed by atoms with Crippen LogP contribution < -0.4 is 10.6 Å². The number of anilines is 2. The van der Waals surface area contributed by atoms with E-state index >= 15 is 0 Å². The van der Waals surface area contributed by atoms with Crippen molar-refractivity contribution in [3.05, 3.63) is 95.9 Å². The van der Waals surface area contributed by atoms with E-state index in [0.717, 1.165) is 24.2 Å². The Morgan fingerprint density at radius 1 is 0.931 bits per heavy atom. The molecule has 5 heteroatoms. The number of amides is 1. The first-order valence-electron chi connectivity index (χ1n) is 9.60. The maximum Gasteiger partial charge on any atom is 0.228 e. The standard InChI is InChI=1S/C24H22FN3O/c25-19-5-3-4-17(14-19)15-24(29)28-21-10-8-20(9-11-21)26-13-12-18-16-27-23-7-2-1-6-22(18)23/h1-11,14,16,26-27H,12-13,15H2,(H,28,29). The molecule has 1 amide bonds. The average Bonchev–Trinajstić information content (AvgIpc) is 3.12. The van der Waals surface area contributed by atoms with Crippen molar-refractivity contribution in [2.45, 2.75) is 12.8 Å². The normalized spacial score (nSPS) is 10.8. The van der Waals surface area contributed by atoms with Crippen molar-refractivity contribution in [2.75, 3.05) is 17.2 Å². The molecule has 0 aliphatic rings. The van der Waals surface area contributed by atoms with E-state index in [-0.39, 0.29) is 18.1 Å². The summed E-state index contributed by atoms with van der Waals surface area (Å²) >= 11 is 0. The van der Waals surface area contributed by atoms with Crippen molar-refractivity contribution in [3.63, 3.8) is 0 Å². The molecule has 3 N–H and O–H groups in total. The number of rotatable bonds is 7. The van der Waals surface area contributed by atoms with Crippen molar-refractivity contribution in [3.8, 4) is 0 Å². The third-order valence-corrected chi connectivity index (χ3v) is 4.82. The molecular formula is C24H22FN3O. The van der Waals surface area contributed by atoms with E-state index in [9.17, 15) is 9.18 Å². The Kier molecular flexibility index (Phi) is 5.56. The zero-order valence-corrected chi connectivity index (χ0v) is 15.9. The molecule has 0 saturated carbocycles. The van der Waals surface area contributed by atoms with Gasteiger partial charge in [-0.3, -0.25) is 4.79 Å². The monoisotopic (exact) mass is 387 g/mol. The molecular weight excluding hydrogens is 365 g/mol. The van der Waals surface area contributed by atoms with Gasteiger partial charge >= 0.3 is 0 Å². The van der Waals surface area contributed by atoms with E-state index in [1.165, 1.54) is 23.1 Å². The Morgan fingerprint density at radius 3 is 2.55 bits per heavy atom.